The van der Waals surface area contributed by atoms with E-state index in [0.29, 0.717) is 15.6 Å². The lowest BCUT2D eigenvalue weighted by Crippen LogP contribution is -1.94. The van der Waals surface area contributed by atoms with E-state index in [0.717, 1.165) is 10.4 Å². The molecule has 20 heavy (non-hydrogen) atoms. The summed E-state index contributed by atoms with van der Waals surface area (Å²) in [6, 6.07) is 11.4. The van der Waals surface area contributed by atoms with Gasteiger partial charge in [-0.2, -0.15) is 14.9 Å². The van der Waals surface area contributed by atoms with Crippen LogP contribution in [0.2, 0.25) is 5.02 Å². The van der Waals surface area contributed by atoms with Gasteiger partial charge in [0, 0.05) is 10.4 Å². The fourth-order valence-electron chi connectivity index (χ4n) is 1.70. The molecule has 3 rings (SSSR count). The van der Waals surface area contributed by atoms with E-state index in [4.69, 9.17) is 23.8 Å². The van der Waals surface area contributed by atoms with Crippen molar-refractivity contribution < 1.29 is 0 Å². The first-order valence-corrected chi connectivity index (χ1v) is 7.42. The van der Waals surface area contributed by atoms with Crippen LogP contribution in [0.15, 0.2) is 46.9 Å². The normalized spacial score (nSPS) is 11.2. The Kier molecular flexibility index (Phi) is 3.77. The Labute approximate surface area is 129 Å². The third-order valence-corrected chi connectivity index (χ3v) is 4.01. The molecule has 1 N–H and O–H groups in total. The number of halogens is 1. The second-order valence-electron chi connectivity index (χ2n) is 3.90. The monoisotopic (exact) mass is 320 g/mol. The molecular weight excluding hydrogens is 312 g/mol. The highest BCUT2D eigenvalue weighted by atomic mass is 35.5. The Balaban J connectivity index is 2.07. The van der Waals surface area contributed by atoms with Gasteiger partial charge in [-0.15, -0.1) is 11.3 Å². The first kappa shape index (κ1) is 13.2. The summed E-state index contributed by atoms with van der Waals surface area (Å²) in [5, 5.41) is 13.9. The molecule has 0 saturated carbocycles. The number of nitrogens with one attached hydrogen (secondary N) is 1. The van der Waals surface area contributed by atoms with Crippen molar-refractivity contribution in [1.29, 1.82) is 0 Å². The van der Waals surface area contributed by atoms with E-state index < -0.39 is 0 Å². The van der Waals surface area contributed by atoms with Gasteiger partial charge in [-0.3, -0.25) is 0 Å². The molecule has 0 aliphatic heterocycles. The number of benzene rings is 1. The van der Waals surface area contributed by atoms with Crippen LogP contribution in [0.4, 0.5) is 0 Å². The summed E-state index contributed by atoms with van der Waals surface area (Å²) in [6.07, 6.45) is 1.75. The molecule has 4 nitrogen and oxygen atoms in total. The quantitative estimate of drug-likeness (QED) is 0.580. The molecule has 0 aliphatic rings. The topological polar surface area (TPSA) is 46.0 Å². The molecule has 0 atom stereocenters. The predicted molar refractivity (Wildman–Crippen MR) is 85.2 cm³/mol. The standard InChI is InChI=1S/C13H9ClN4S2/c14-11-6-2-1-5-10(11)12-16-17-13(19)18(12)15-8-9-4-3-7-20-9/h1-8H,(H,17,19)/b15-8-. The predicted octanol–water partition coefficient (Wildman–Crippen LogP) is 4.20. The first-order chi connectivity index (χ1) is 9.75. The zero-order valence-corrected chi connectivity index (χ0v) is 12.5. The average molecular weight is 321 g/mol. The van der Waals surface area contributed by atoms with Crippen molar-refractivity contribution in [2.24, 2.45) is 5.10 Å². The summed E-state index contributed by atoms with van der Waals surface area (Å²) in [6.45, 7) is 0. The number of nitrogens with zero attached hydrogens (tertiary/aromatic N) is 3. The van der Waals surface area contributed by atoms with Gasteiger partial charge >= 0.3 is 0 Å². The maximum Gasteiger partial charge on any atom is 0.216 e. The Bertz CT molecular complexity index is 802. The largest absolute Gasteiger partial charge is 0.250 e. The van der Waals surface area contributed by atoms with Gasteiger partial charge in [0.05, 0.1) is 11.2 Å². The molecule has 0 amide bonds. The second kappa shape index (κ2) is 5.70. The molecule has 0 aliphatic carbocycles. The van der Waals surface area contributed by atoms with Crippen LogP contribution < -0.4 is 0 Å². The lowest BCUT2D eigenvalue weighted by Gasteiger charge is -2.02. The Morgan fingerprint density at radius 2 is 2.15 bits per heavy atom. The van der Waals surface area contributed by atoms with Crippen LogP contribution in [0.5, 0.6) is 0 Å². The minimum atomic E-state index is 0.424. The van der Waals surface area contributed by atoms with Gasteiger partial charge in [0.25, 0.3) is 0 Å². The van der Waals surface area contributed by atoms with Gasteiger partial charge in [-0.25, -0.2) is 5.10 Å². The number of aromatic nitrogens is 3. The summed E-state index contributed by atoms with van der Waals surface area (Å²) in [4.78, 5) is 1.04. The molecule has 0 spiro atoms. The van der Waals surface area contributed by atoms with Crippen LogP contribution in [0, 0.1) is 4.77 Å². The van der Waals surface area contributed by atoms with Gasteiger partial charge < -0.3 is 0 Å². The van der Waals surface area contributed by atoms with Crippen molar-refractivity contribution >= 4 is 41.4 Å². The lowest BCUT2D eigenvalue weighted by atomic mass is 10.2. The minimum Gasteiger partial charge on any atom is -0.250 e. The molecule has 0 saturated heterocycles. The van der Waals surface area contributed by atoms with Crippen molar-refractivity contribution in [2.75, 3.05) is 0 Å². The summed E-state index contributed by atoms with van der Waals surface area (Å²) in [7, 11) is 0. The van der Waals surface area contributed by atoms with Crippen LogP contribution in [-0.4, -0.2) is 21.1 Å². The van der Waals surface area contributed by atoms with Gasteiger partial charge in [-0.05, 0) is 35.8 Å². The Hall–Kier alpha value is -1.76. The highest BCUT2D eigenvalue weighted by Gasteiger charge is 2.10. The summed E-state index contributed by atoms with van der Waals surface area (Å²) < 4.78 is 1.99. The highest BCUT2D eigenvalue weighted by molar-refractivity contribution is 7.71. The number of H-pyrrole nitrogens is 1. The van der Waals surface area contributed by atoms with Crippen LogP contribution in [0.3, 0.4) is 0 Å². The minimum absolute atomic E-state index is 0.424. The van der Waals surface area contributed by atoms with Crippen molar-refractivity contribution in [1.82, 2.24) is 14.9 Å². The van der Waals surface area contributed by atoms with Crippen molar-refractivity contribution in [3.63, 3.8) is 0 Å². The zero-order valence-electron chi connectivity index (χ0n) is 10.2. The number of hydrogen-bond acceptors (Lipinski definition) is 4. The summed E-state index contributed by atoms with van der Waals surface area (Å²) in [5.41, 5.74) is 0.782. The molecule has 7 heteroatoms. The molecule has 0 radical (unpaired) electrons. The third-order valence-electron chi connectivity index (χ3n) is 2.61. The van der Waals surface area contributed by atoms with Gasteiger partial charge in [0.2, 0.25) is 4.77 Å². The number of rotatable bonds is 3. The molecule has 2 heterocycles. The van der Waals surface area contributed by atoms with Crippen LogP contribution in [0.25, 0.3) is 11.4 Å². The zero-order chi connectivity index (χ0) is 13.9. The van der Waals surface area contributed by atoms with Crippen LogP contribution in [0.1, 0.15) is 4.88 Å². The number of thiophene rings is 1. The SMILES string of the molecule is S=c1[nH]nc(-c2ccccc2Cl)n1/N=C\c1cccs1. The van der Waals surface area contributed by atoms with E-state index in [1.54, 1.807) is 22.2 Å². The van der Waals surface area contributed by atoms with E-state index in [1.165, 1.54) is 0 Å². The number of aromatic amines is 1. The van der Waals surface area contributed by atoms with Crippen molar-refractivity contribution in [2.45, 2.75) is 0 Å². The van der Waals surface area contributed by atoms with E-state index in [2.05, 4.69) is 15.3 Å². The van der Waals surface area contributed by atoms with E-state index in [1.807, 2.05) is 41.8 Å². The Morgan fingerprint density at radius 1 is 1.30 bits per heavy atom. The van der Waals surface area contributed by atoms with Crippen molar-refractivity contribution in [3.05, 3.63) is 56.4 Å². The summed E-state index contributed by atoms with van der Waals surface area (Å²) >= 11 is 13.0. The Morgan fingerprint density at radius 3 is 2.90 bits per heavy atom. The van der Waals surface area contributed by atoms with E-state index in [9.17, 15) is 0 Å². The van der Waals surface area contributed by atoms with E-state index in [-0.39, 0.29) is 0 Å². The maximum atomic E-state index is 6.19. The fourth-order valence-corrected chi connectivity index (χ4v) is 2.67. The highest BCUT2D eigenvalue weighted by Crippen LogP contribution is 2.25. The first-order valence-electron chi connectivity index (χ1n) is 5.76. The fraction of sp³-hybridized carbons (Fsp3) is 0. The third kappa shape index (κ3) is 2.58. The molecule has 0 fully saturated rings. The van der Waals surface area contributed by atoms with Crippen LogP contribution >= 0.6 is 35.2 Å². The van der Waals surface area contributed by atoms with Crippen molar-refractivity contribution in [3.8, 4) is 11.4 Å². The molecule has 3 aromatic rings. The summed E-state index contributed by atoms with van der Waals surface area (Å²) in [5.74, 6) is 0.591. The average Bonchev–Trinajstić information content (AvgIpc) is 3.07. The molecule has 1 aromatic carbocycles. The molecule has 0 bridgehead atoms. The smallest absolute Gasteiger partial charge is 0.216 e. The number of hydrogen-bond donors (Lipinski definition) is 1. The molecule has 0 unspecified atom stereocenters. The van der Waals surface area contributed by atoms with Gasteiger partial charge in [-0.1, -0.05) is 29.8 Å². The molecular formula is C13H9ClN4S2. The molecule has 2 aromatic heterocycles. The van der Waals surface area contributed by atoms with E-state index >= 15 is 0 Å². The van der Waals surface area contributed by atoms with Crippen LogP contribution in [-0.2, 0) is 0 Å². The molecule has 100 valence electrons. The maximum absolute atomic E-state index is 6.19. The van der Waals surface area contributed by atoms with Gasteiger partial charge in [0.1, 0.15) is 0 Å². The van der Waals surface area contributed by atoms with Gasteiger partial charge in [0.15, 0.2) is 5.82 Å². The second-order valence-corrected chi connectivity index (χ2v) is 5.68. The lowest BCUT2D eigenvalue weighted by molar-refractivity contribution is 0.872.